The van der Waals surface area contributed by atoms with Gasteiger partial charge in [-0.2, -0.15) is 0 Å². The molecule has 19 heavy (non-hydrogen) atoms. The van der Waals surface area contributed by atoms with Crippen LogP contribution in [-0.2, 0) is 4.79 Å². The van der Waals surface area contributed by atoms with E-state index in [1.165, 1.54) is 0 Å². The lowest BCUT2D eigenvalue weighted by molar-refractivity contribution is -0.142. The Hall–Kier alpha value is -1.30. The Morgan fingerprint density at radius 3 is 2.63 bits per heavy atom. The zero-order valence-electron chi connectivity index (χ0n) is 11.2. The van der Waals surface area contributed by atoms with Crippen LogP contribution in [0, 0.1) is 5.92 Å². The lowest BCUT2D eigenvalue weighted by atomic mass is 9.89. The molecule has 0 aliphatic carbocycles. The number of likely N-dealkylation sites (tertiary alicyclic amines) is 1. The summed E-state index contributed by atoms with van der Waals surface area (Å²) in [6, 6.07) is 0.184. The normalized spacial score (nSPS) is 37.8. The van der Waals surface area contributed by atoms with E-state index in [1.807, 2.05) is 7.05 Å². The monoisotopic (exact) mass is 267 g/mol. The third kappa shape index (κ3) is 2.18. The highest BCUT2D eigenvalue weighted by Gasteiger charge is 2.51. The number of carboxylic acid groups (broad SMARTS) is 1. The van der Waals surface area contributed by atoms with Crippen LogP contribution in [-0.4, -0.2) is 65.2 Å². The van der Waals surface area contributed by atoms with Gasteiger partial charge in [0.1, 0.15) is 0 Å². The second-order valence-electron chi connectivity index (χ2n) is 6.08. The van der Waals surface area contributed by atoms with E-state index in [1.54, 1.807) is 4.90 Å². The number of hydrogen-bond donors (Lipinski definition) is 2. The van der Waals surface area contributed by atoms with Gasteiger partial charge in [0.05, 0.1) is 5.92 Å². The lowest BCUT2D eigenvalue weighted by Gasteiger charge is -2.25. The van der Waals surface area contributed by atoms with Crippen molar-refractivity contribution in [2.45, 2.75) is 43.8 Å². The van der Waals surface area contributed by atoms with E-state index in [0.29, 0.717) is 6.42 Å². The number of likely N-dealkylation sites (N-methyl/N-ethyl adjacent to an activating group) is 1. The van der Waals surface area contributed by atoms with Gasteiger partial charge in [-0.15, -0.1) is 0 Å². The quantitative estimate of drug-likeness (QED) is 0.756. The molecule has 6 nitrogen and oxygen atoms in total. The SMILES string of the molecule is CN1CCC(NC(=O)N2C3CCC2C(C(=O)O)C3)C1. The number of carbonyl (C=O) groups excluding carboxylic acids is 1. The fraction of sp³-hybridized carbons (Fsp3) is 0.846. The first-order valence-corrected chi connectivity index (χ1v) is 7.06. The van der Waals surface area contributed by atoms with E-state index < -0.39 is 5.97 Å². The molecule has 0 spiro atoms. The van der Waals surface area contributed by atoms with Crippen molar-refractivity contribution in [2.75, 3.05) is 20.1 Å². The van der Waals surface area contributed by atoms with Crippen LogP contribution in [0.15, 0.2) is 0 Å². The molecule has 2 amide bonds. The summed E-state index contributed by atoms with van der Waals surface area (Å²) < 4.78 is 0. The zero-order chi connectivity index (χ0) is 13.6. The van der Waals surface area contributed by atoms with Gasteiger partial charge >= 0.3 is 12.0 Å². The second kappa shape index (κ2) is 4.67. The van der Waals surface area contributed by atoms with Crippen LogP contribution >= 0.6 is 0 Å². The largest absolute Gasteiger partial charge is 0.481 e. The Balaban J connectivity index is 1.63. The van der Waals surface area contributed by atoms with Crippen molar-refractivity contribution in [1.82, 2.24) is 15.1 Å². The molecule has 0 aromatic rings. The number of carboxylic acids is 1. The average molecular weight is 267 g/mol. The van der Waals surface area contributed by atoms with Gasteiger partial charge in [-0.3, -0.25) is 4.79 Å². The first-order chi connectivity index (χ1) is 9.06. The highest BCUT2D eigenvalue weighted by molar-refractivity contribution is 5.79. The maximum atomic E-state index is 12.3. The third-order valence-electron chi connectivity index (χ3n) is 4.81. The van der Waals surface area contributed by atoms with Gasteiger partial charge in [0, 0.05) is 24.7 Å². The van der Waals surface area contributed by atoms with Crippen molar-refractivity contribution in [2.24, 2.45) is 5.92 Å². The van der Waals surface area contributed by atoms with Crippen molar-refractivity contribution in [1.29, 1.82) is 0 Å². The molecule has 3 heterocycles. The van der Waals surface area contributed by atoms with Gasteiger partial charge in [0.15, 0.2) is 0 Å². The highest BCUT2D eigenvalue weighted by atomic mass is 16.4. The van der Waals surface area contributed by atoms with Crippen LogP contribution in [0.4, 0.5) is 4.79 Å². The van der Waals surface area contributed by atoms with Crippen molar-refractivity contribution in [3.05, 3.63) is 0 Å². The van der Waals surface area contributed by atoms with Crippen molar-refractivity contribution in [3.8, 4) is 0 Å². The number of nitrogens with one attached hydrogen (secondary N) is 1. The molecule has 106 valence electrons. The Labute approximate surface area is 112 Å². The van der Waals surface area contributed by atoms with E-state index >= 15 is 0 Å². The summed E-state index contributed by atoms with van der Waals surface area (Å²) in [5.41, 5.74) is 0. The van der Waals surface area contributed by atoms with E-state index in [2.05, 4.69) is 10.2 Å². The van der Waals surface area contributed by atoms with Crippen LogP contribution < -0.4 is 5.32 Å². The first kappa shape index (κ1) is 12.7. The fourth-order valence-electron chi connectivity index (χ4n) is 3.87. The average Bonchev–Trinajstić information content (AvgIpc) is 3.02. The zero-order valence-corrected chi connectivity index (χ0v) is 11.2. The standard InChI is InChI=1S/C13H21N3O3/c1-15-5-4-8(7-15)14-13(19)16-9-2-3-11(16)10(6-9)12(17)18/h8-11H,2-7H2,1H3,(H,14,19)(H,17,18). The van der Waals surface area contributed by atoms with Gasteiger partial charge in [-0.25, -0.2) is 4.79 Å². The van der Waals surface area contributed by atoms with Crippen LogP contribution in [0.1, 0.15) is 25.7 Å². The summed E-state index contributed by atoms with van der Waals surface area (Å²) in [5, 5.41) is 12.3. The molecule has 2 bridgehead atoms. The minimum Gasteiger partial charge on any atom is -0.481 e. The van der Waals surface area contributed by atoms with Gasteiger partial charge in [-0.05, 0) is 39.3 Å². The van der Waals surface area contributed by atoms with Gasteiger partial charge < -0.3 is 20.2 Å². The molecule has 0 saturated carbocycles. The maximum absolute atomic E-state index is 12.3. The maximum Gasteiger partial charge on any atom is 0.318 e. The van der Waals surface area contributed by atoms with E-state index in [-0.39, 0.29) is 30.1 Å². The smallest absolute Gasteiger partial charge is 0.318 e. The molecule has 6 heteroatoms. The Bertz CT molecular complexity index is 401. The van der Waals surface area contributed by atoms with Gasteiger partial charge in [0.25, 0.3) is 0 Å². The molecule has 0 radical (unpaired) electrons. The summed E-state index contributed by atoms with van der Waals surface area (Å²) in [6.07, 6.45) is 3.39. The molecule has 3 saturated heterocycles. The summed E-state index contributed by atoms with van der Waals surface area (Å²) in [4.78, 5) is 27.5. The van der Waals surface area contributed by atoms with E-state index in [0.717, 1.165) is 32.4 Å². The van der Waals surface area contributed by atoms with Crippen LogP contribution in [0.5, 0.6) is 0 Å². The Morgan fingerprint density at radius 2 is 2.05 bits per heavy atom. The number of nitrogens with zero attached hydrogens (tertiary/aromatic N) is 2. The van der Waals surface area contributed by atoms with E-state index in [4.69, 9.17) is 0 Å². The minimum atomic E-state index is -0.759. The fourth-order valence-corrected chi connectivity index (χ4v) is 3.87. The number of urea groups is 1. The highest BCUT2D eigenvalue weighted by Crippen LogP contribution is 2.41. The number of carbonyl (C=O) groups is 2. The number of hydrogen-bond acceptors (Lipinski definition) is 3. The summed E-state index contributed by atoms with van der Waals surface area (Å²) >= 11 is 0. The molecule has 0 aromatic heterocycles. The van der Waals surface area contributed by atoms with Gasteiger partial charge in [0.2, 0.25) is 0 Å². The molecule has 3 aliphatic heterocycles. The lowest BCUT2D eigenvalue weighted by Crippen LogP contribution is -2.48. The molecule has 0 aromatic carbocycles. The molecule has 3 aliphatic rings. The predicted molar refractivity (Wildman–Crippen MR) is 68.8 cm³/mol. The summed E-state index contributed by atoms with van der Waals surface area (Å²) in [6.45, 7) is 1.90. The Morgan fingerprint density at radius 1 is 1.26 bits per heavy atom. The molecule has 3 fully saturated rings. The van der Waals surface area contributed by atoms with Gasteiger partial charge in [-0.1, -0.05) is 0 Å². The van der Waals surface area contributed by atoms with Crippen molar-refractivity contribution in [3.63, 3.8) is 0 Å². The Kier molecular flexibility index (Phi) is 3.12. The molecule has 2 N–H and O–H groups in total. The summed E-state index contributed by atoms with van der Waals surface area (Å²) in [5.74, 6) is -1.12. The van der Waals surface area contributed by atoms with Crippen LogP contribution in [0.3, 0.4) is 0 Å². The van der Waals surface area contributed by atoms with Crippen LogP contribution in [0.25, 0.3) is 0 Å². The predicted octanol–water partition coefficient (Wildman–Crippen LogP) is 0.338. The van der Waals surface area contributed by atoms with E-state index in [9.17, 15) is 14.7 Å². The second-order valence-corrected chi connectivity index (χ2v) is 6.08. The van der Waals surface area contributed by atoms with Crippen LogP contribution in [0.2, 0.25) is 0 Å². The number of amides is 2. The van der Waals surface area contributed by atoms with Crippen molar-refractivity contribution >= 4 is 12.0 Å². The first-order valence-electron chi connectivity index (χ1n) is 7.06. The number of rotatable bonds is 2. The minimum absolute atomic E-state index is 0.0587. The topological polar surface area (TPSA) is 72.9 Å². The molecular formula is C13H21N3O3. The molecular weight excluding hydrogens is 246 g/mol. The molecule has 4 atom stereocenters. The summed E-state index contributed by atoms with van der Waals surface area (Å²) in [7, 11) is 2.05. The number of aliphatic carboxylic acids is 1. The number of fused-ring (bicyclic) bond motifs is 2. The molecule has 3 rings (SSSR count). The molecule has 4 unspecified atom stereocenters. The third-order valence-corrected chi connectivity index (χ3v) is 4.81. The van der Waals surface area contributed by atoms with Crippen molar-refractivity contribution < 1.29 is 14.7 Å².